The van der Waals surface area contributed by atoms with Gasteiger partial charge in [-0.1, -0.05) is 72.4 Å². The van der Waals surface area contributed by atoms with Gasteiger partial charge in [-0.05, 0) is 24.3 Å². The van der Waals surface area contributed by atoms with E-state index in [2.05, 4.69) is 20.7 Å². The quantitative estimate of drug-likeness (QED) is 0.629. The highest BCUT2D eigenvalue weighted by Crippen LogP contribution is 2.25. The number of sulfonamides is 1. The van der Waals surface area contributed by atoms with Gasteiger partial charge in [0.1, 0.15) is 0 Å². The van der Waals surface area contributed by atoms with Crippen LogP contribution >= 0.6 is 15.9 Å². The molecule has 0 aromatic heterocycles. The Hall–Kier alpha value is -0.390. The molecule has 1 fully saturated rings. The van der Waals surface area contributed by atoms with Gasteiger partial charge in [0.15, 0.2) is 0 Å². The minimum Gasteiger partial charge on any atom is -0.212 e. The molecule has 1 aromatic carbocycles. The summed E-state index contributed by atoms with van der Waals surface area (Å²) >= 11 is 3.64. The highest BCUT2D eigenvalue weighted by Gasteiger charge is 2.27. The van der Waals surface area contributed by atoms with Gasteiger partial charge >= 0.3 is 0 Å². The summed E-state index contributed by atoms with van der Waals surface area (Å²) in [5.74, 6) is 0.149. The maximum atomic E-state index is 12.4. The van der Waals surface area contributed by atoms with E-state index in [4.69, 9.17) is 0 Å². The third-order valence-corrected chi connectivity index (χ3v) is 6.80. The molecule has 3 nitrogen and oxygen atoms in total. The van der Waals surface area contributed by atoms with E-state index in [1.54, 1.807) is 0 Å². The number of alkyl halides is 1. The first kappa shape index (κ1) is 17.0. The van der Waals surface area contributed by atoms with E-state index < -0.39 is 10.0 Å². The third-order valence-electron chi connectivity index (χ3n) is 4.10. The van der Waals surface area contributed by atoms with E-state index >= 15 is 0 Å². The second-order valence-electron chi connectivity index (χ2n) is 5.97. The molecule has 0 radical (unpaired) electrons. The van der Waals surface area contributed by atoms with E-state index in [-0.39, 0.29) is 22.5 Å². The van der Waals surface area contributed by atoms with Crippen LogP contribution in [0.4, 0.5) is 0 Å². The molecule has 0 bridgehead atoms. The zero-order valence-electron chi connectivity index (χ0n) is 12.5. The van der Waals surface area contributed by atoms with Crippen molar-refractivity contribution in [1.82, 2.24) is 4.72 Å². The van der Waals surface area contributed by atoms with Crippen LogP contribution in [0.3, 0.4) is 0 Å². The number of benzene rings is 1. The zero-order chi connectivity index (χ0) is 15.3. The lowest BCUT2D eigenvalue weighted by molar-refractivity contribution is 0.518. The van der Waals surface area contributed by atoms with Crippen LogP contribution < -0.4 is 4.72 Å². The van der Waals surface area contributed by atoms with Crippen LogP contribution in [-0.4, -0.2) is 25.0 Å². The molecule has 0 heterocycles. The minimum absolute atomic E-state index is 0.00301. The molecule has 1 aliphatic rings. The van der Waals surface area contributed by atoms with Crippen LogP contribution in [0.1, 0.15) is 50.5 Å². The second-order valence-corrected chi connectivity index (χ2v) is 8.95. The van der Waals surface area contributed by atoms with Gasteiger partial charge < -0.3 is 0 Å². The Morgan fingerprint density at radius 3 is 2.57 bits per heavy atom. The third kappa shape index (κ3) is 5.38. The lowest BCUT2D eigenvalue weighted by Gasteiger charge is -2.22. The van der Waals surface area contributed by atoms with Crippen LogP contribution in [0.5, 0.6) is 0 Å². The molecule has 5 heteroatoms. The van der Waals surface area contributed by atoms with Crippen molar-refractivity contribution >= 4 is 26.0 Å². The minimum atomic E-state index is -3.26. The second kappa shape index (κ2) is 7.75. The largest absolute Gasteiger partial charge is 0.212 e. The van der Waals surface area contributed by atoms with Crippen molar-refractivity contribution in [3.63, 3.8) is 0 Å². The summed E-state index contributed by atoms with van der Waals surface area (Å²) in [6.45, 7) is 1.97. The molecule has 3 unspecified atom stereocenters. The monoisotopic (exact) mass is 373 g/mol. The van der Waals surface area contributed by atoms with Crippen molar-refractivity contribution in [3.8, 4) is 0 Å². The average molecular weight is 374 g/mol. The number of halogens is 1. The van der Waals surface area contributed by atoms with Gasteiger partial charge in [0.25, 0.3) is 0 Å². The highest BCUT2D eigenvalue weighted by molar-refractivity contribution is 9.09. The fourth-order valence-electron chi connectivity index (χ4n) is 2.88. The highest BCUT2D eigenvalue weighted by atomic mass is 79.9. The summed E-state index contributed by atoms with van der Waals surface area (Å²) in [7, 11) is -3.26. The summed E-state index contributed by atoms with van der Waals surface area (Å²) in [5, 5.41) is 0. The van der Waals surface area contributed by atoms with Gasteiger partial charge in [-0.3, -0.25) is 0 Å². The zero-order valence-corrected chi connectivity index (χ0v) is 14.9. The molecular weight excluding hydrogens is 350 g/mol. The Morgan fingerprint density at radius 2 is 1.86 bits per heavy atom. The standard InChI is InChI=1S/C16H24BrNO2S/c1-13(14-8-4-2-5-9-14)12-21(19,20)18-16-11-7-3-6-10-15(16)17/h2,4-5,8-9,13,15-16,18H,3,6-7,10-12H2,1H3. The summed E-state index contributed by atoms with van der Waals surface area (Å²) in [6, 6.07) is 9.85. The molecule has 3 atom stereocenters. The van der Waals surface area contributed by atoms with Crippen LogP contribution in [0, 0.1) is 0 Å². The van der Waals surface area contributed by atoms with Gasteiger partial charge in [-0.25, -0.2) is 13.1 Å². The summed E-state index contributed by atoms with van der Waals surface area (Å²) in [4.78, 5) is 0.252. The smallest absolute Gasteiger partial charge is 0.212 e. The lowest BCUT2D eigenvalue weighted by atomic mass is 10.0. The Morgan fingerprint density at radius 1 is 1.19 bits per heavy atom. The van der Waals surface area contributed by atoms with E-state index in [0.717, 1.165) is 24.8 Å². The SMILES string of the molecule is CC(CS(=O)(=O)NC1CCCCCC1Br)c1ccccc1. The molecule has 1 N–H and O–H groups in total. The predicted molar refractivity (Wildman–Crippen MR) is 91.4 cm³/mol. The predicted octanol–water partition coefficient (Wildman–Crippen LogP) is 3.81. The Balaban J connectivity index is 1.98. The van der Waals surface area contributed by atoms with E-state index in [9.17, 15) is 8.42 Å². The van der Waals surface area contributed by atoms with Crippen molar-refractivity contribution in [3.05, 3.63) is 35.9 Å². The van der Waals surface area contributed by atoms with Crippen LogP contribution in [0.25, 0.3) is 0 Å². The summed E-state index contributed by atoms with van der Waals surface area (Å²) in [5.41, 5.74) is 1.07. The summed E-state index contributed by atoms with van der Waals surface area (Å²) < 4.78 is 27.7. The van der Waals surface area contributed by atoms with E-state index in [1.165, 1.54) is 12.8 Å². The Bertz CT molecular complexity index is 532. The van der Waals surface area contributed by atoms with E-state index in [1.807, 2.05) is 37.3 Å². The van der Waals surface area contributed by atoms with Gasteiger partial charge in [0.05, 0.1) is 5.75 Å². The topological polar surface area (TPSA) is 46.2 Å². The molecule has 0 aliphatic heterocycles. The average Bonchev–Trinajstić information content (AvgIpc) is 2.64. The molecule has 0 spiro atoms. The maximum Gasteiger partial charge on any atom is 0.212 e. The number of hydrogen-bond acceptors (Lipinski definition) is 2. The molecular formula is C16H24BrNO2S. The maximum absolute atomic E-state index is 12.4. The van der Waals surface area contributed by atoms with E-state index in [0.29, 0.717) is 0 Å². The summed E-state index contributed by atoms with van der Waals surface area (Å²) in [6.07, 6.45) is 5.44. The molecule has 0 amide bonds. The lowest BCUT2D eigenvalue weighted by Crippen LogP contribution is -2.42. The van der Waals surface area contributed by atoms with Crippen molar-refractivity contribution < 1.29 is 8.42 Å². The van der Waals surface area contributed by atoms with Crippen LogP contribution in [0.2, 0.25) is 0 Å². The van der Waals surface area contributed by atoms with Crippen molar-refractivity contribution in [2.75, 3.05) is 5.75 Å². The molecule has 1 aromatic rings. The first-order chi connectivity index (χ1) is 9.98. The molecule has 1 aliphatic carbocycles. The molecule has 118 valence electrons. The Kier molecular flexibility index (Phi) is 6.26. The molecule has 1 saturated carbocycles. The van der Waals surface area contributed by atoms with Gasteiger partial charge in [-0.2, -0.15) is 0 Å². The first-order valence-electron chi connectivity index (χ1n) is 7.67. The normalized spacial score (nSPS) is 25.2. The van der Waals surface area contributed by atoms with Crippen molar-refractivity contribution in [2.45, 2.75) is 55.8 Å². The fourth-order valence-corrected chi connectivity index (χ4v) is 5.47. The number of nitrogens with one attached hydrogen (secondary N) is 1. The van der Waals surface area contributed by atoms with Crippen LogP contribution in [0.15, 0.2) is 30.3 Å². The number of hydrogen-bond donors (Lipinski definition) is 1. The Labute approximate surface area is 136 Å². The molecule has 0 saturated heterocycles. The van der Waals surface area contributed by atoms with Gasteiger partial charge in [0, 0.05) is 10.9 Å². The van der Waals surface area contributed by atoms with Gasteiger partial charge in [-0.15, -0.1) is 0 Å². The van der Waals surface area contributed by atoms with Crippen molar-refractivity contribution in [1.29, 1.82) is 0 Å². The molecule has 21 heavy (non-hydrogen) atoms. The van der Waals surface area contributed by atoms with Crippen LogP contribution in [-0.2, 0) is 10.0 Å². The first-order valence-corrected chi connectivity index (χ1v) is 10.2. The van der Waals surface area contributed by atoms with Gasteiger partial charge in [0.2, 0.25) is 10.0 Å². The van der Waals surface area contributed by atoms with Crippen molar-refractivity contribution in [2.24, 2.45) is 0 Å². The number of rotatable bonds is 5. The fraction of sp³-hybridized carbons (Fsp3) is 0.625. The molecule has 2 rings (SSSR count).